The molecule has 1 aliphatic rings. The van der Waals surface area contributed by atoms with Crippen LogP contribution in [0.5, 0.6) is 0 Å². The molecule has 1 fully saturated rings. The van der Waals surface area contributed by atoms with Gasteiger partial charge in [-0.2, -0.15) is 0 Å². The Hall–Kier alpha value is -3.10. The monoisotopic (exact) mass is 419 g/mol. The van der Waals surface area contributed by atoms with Gasteiger partial charge in [0, 0.05) is 11.7 Å². The van der Waals surface area contributed by atoms with Gasteiger partial charge in [-0.05, 0) is 64.8 Å². The summed E-state index contributed by atoms with van der Waals surface area (Å²) in [5.74, 6) is -1.43. The maximum Gasteiger partial charge on any atom is 0.412 e. The number of urea groups is 1. The van der Waals surface area contributed by atoms with Gasteiger partial charge in [0.25, 0.3) is 5.91 Å². The fourth-order valence-electron chi connectivity index (χ4n) is 2.90. The highest BCUT2D eigenvalue weighted by molar-refractivity contribution is 5.98. The molecule has 9 nitrogen and oxygen atoms in total. The fraction of sp³-hybridized carbons (Fsp3) is 0.524. The Kier molecular flexibility index (Phi) is 7.79. The number of anilines is 1. The maximum atomic E-state index is 12.2. The second kappa shape index (κ2) is 10.1. The Bertz CT molecular complexity index is 779. The van der Waals surface area contributed by atoms with Crippen LogP contribution >= 0.6 is 0 Å². The van der Waals surface area contributed by atoms with Crippen molar-refractivity contribution >= 4 is 29.7 Å². The predicted octanol–water partition coefficient (Wildman–Crippen LogP) is 3.35. The molecule has 2 rings (SSSR count). The van der Waals surface area contributed by atoms with E-state index < -0.39 is 35.7 Å². The third kappa shape index (κ3) is 7.73. The van der Waals surface area contributed by atoms with E-state index in [0.29, 0.717) is 5.69 Å². The minimum atomic E-state index is -1.15. The summed E-state index contributed by atoms with van der Waals surface area (Å²) in [5.41, 5.74) is 0.00779. The lowest BCUT2D eigenvalue weighted by atomic mass is 10.2. The standard InChI is InChI=1S/C21H29N3O6/c1-13(17(25)24-19(27)22-15-7-5-6-8-15)29-18(26)14-9-11-16(12-10-14)23-20(28)30-21(2,3)4/h9-13,15H,5-8H2,1-4H3,(H,23,28)(H2,22,24,25,27)/t13-/m0/s1. The van der Waals surface area contributed by atoms with Crippen LogP contribution in [0.1, 0.15) is 63.7 Å². The van der Waals surface area contributed by atoms with Gasteiger partial charge in [-0.15, -0.1) is 0 Å². The average Bonchev–Trinajstić information content (AvgIpc) is 3.13. The van der Waals surface area contributed by atoms with E-state index in [2.05, 4.69) is 16.0 Å². The predicted molar refractivity (Wildman–Crippen MR) is 110 cm³/mol. The van der Waals surface area contributed by atoms with Crippen LogP contribution in [-0.4, -0.2) is 41.7 Å². The summed E-state index contributed by atoms with van der Waals surface area (Å²) in [4.78, 5) is 47.9. The van der Waals surface area contributed by atoms with Crippen molar-refractivity contribution < 1.29 is 28.7 Å². The van der Waals surface area contributed by atoms with E-state index in [1.165, 1.54) is 31.2 Å². The lowest BCUT2D eigenvalue weighted by molar-refractivity contribution is -0.127. The number of amides is 4. The van der Waals surface area contributed by atoms with E-state index in [9.17, 15) is 19.2 Å². The minimum Gasteiger partial charge on any atom is -0.449 e. The van der Waals surface area contributed by atoms with Crippen molar-refractivity contribution in [1.29, 1.82) is 0 Å². The molecule has 3 N–H and O–H groups in total. The maximum absolute atomic E-state index is 12.2. The molecule has 0 heterocycles. The Morgan fingerprint density at radius 1 is 1.03 bits per heavy atom. The summed E-state index contributed by atoms with van der Waals surface area (Å²) in [5, 5.41) is 7.47. The summed E-state index contributed by atoms with van der Waals surface area (Å²) in [6, 6.07) is 5.41. The number of carbonyl (C=O) groups excluding carboxylic acids is 4. The first kappa shape index (κ1) is 23.2. The van der Waals surface area contributed by atoms with Crippen molar-refractivity contribution in [3.05, 3.63) is 29.8 Å². The van der Waals surface area contributed by atoms with E-state index in [4.69, 9.17) is 9.47 Å². The van der Waals surface area contributed by atoms with Gasteiger partial charge in [0.1, 0.15) is 5.60 Å². The highest BCUT2D eigenvalue weighted by atomic mass is 16.6. The Balaban J connectivity index is 1.82. The number of nitrogens with one attached hydrogen (secondary N) is 3. The van der Waals surface area contributed by atoms with Gasteiger partial charge in [0.15, 0.2) is 6.10 Å². The Morgan fingerprint density at radius 2 is 1.63 bits per heavy atom. The zero-order chi connectivity index (χ0) is 22.3. The molecule has 1 saturated carbocycles. The quantitative estimate of drug-likeness (QED) is 0.629. The van der Waals surface area contributed by atoms with Crippen molar-refractivity contribution in [3.8, 4) is 0 Å². The molecule has 0 spiro atoms. The summed E-state index contributed by atoms with van der Waals surface area (Å²) in [6.45, 7) is 6.64. The number of rotatable bonds is 5. The third-order valence-electron chi connectivity index (χ3n) is 4.35. The highest BCUT2D eigenvalue weighted by Gasteiger charge is 2.23. The van der Waals surface area contributed by atoms with Gasteiger partial charge in [0.2, 0.25) is 0 Å². The smallest absolute Gasteiger partial charge is 0.412 e. The lowest BCUT2D eigenvalue weighted by Crippen LogP contribution is -2.47. The largest absolute Gasteiger partial charge is 0.449 e. The zero-order valence-electron chi connectivity index (χ0n) is 17.7. The fourth-order valence-corrected chi connectivity index (χ4v) is 2.90. The van der Waals surface area contributed by atoms with Gasteiger partial charge in [-0.25, -0.2) is 14.4 Å². The van der Waals surface area contributed by atoms with Gasteiger partial charge in [-0.3, -0.25) is 15.4 Å². The molecular weight excluding hydrogens is 390 g/mol. The molecule has 164 valence electrons. The molecular formula is C21H29N3O6. The Labute approximate surface area is 175 Å². The molecule has 0 unspecified atom stereocenters. The van der Waals surface area contributed by atoms with E-state index in [1.54, 1.807) is 20.8 Å². The first-order valence-corrected chi connectivity index (χ1v) is 9.96. The van der Waals surface area contributed by atoms with Crippen LogP contribution in [0.25, 0.3) is 0 Å². The lowest BCUT2D eigenvalue weighted by Gasteiger charge is -2.19. The molecule has 30 heavy (non-hydrogen) atoms. The van der Waals surface area contributed by atoms with Crippen LogP contribution in [0, 0.1) is 0 Å². The highest BCUT2D eigenvalue weighted by Crippen LogP contribution is 2.17. The number of hydrogen-bond donors (Lipinski definition) is 3. The molecule has 9 heteroatoms. The van der Waals surface area contributed by atoms with Crippen molar-refractivity contribution in [3.63, 3.8) is 0 Å². The second-order valence-corrected chi connectivity index (χ2v) is 8.20. The van der Waals surface area contributed by atoms with Gasteiger partial charge in [0.05, 0.1) is 5.56 Å². The van der Waals surface area contributed by atoms with E-state index in [0.717, 1.165) is 25.7 Å². The third-order valence-corrected chi connectivity index (χ3v) is 4.35. The second-order valence-electron chi connectivity index (χ2n) is 8.20. The van der Waals surface area contributed by atoms with Gasteiger partial charge >= 0.3 is 18.1 Å². The van der Waals surface area contributed by atoms with Crippen molar-refractivity contribution in [2.24, 2.45) is 0 Å². The van der Waals surface area contributed by atoms with Crippen LogP contribution < -0.4 is 16.0 Å². The number of ether oxygens (including phenoxy) is 2. The number of imide groups is 1. The molecule has 1 aromatic carbocycles. The first-order chi connectivity index (χ1) is 14.0. The van der Waals surface area contributed by atoms with Crippen LogP contribution in [0.2, 0.25) is 0 Å². The molecule has 0 aliphatic heterocycles. The van der Waals surface area contributed by atoms with Crippen LogP contribution in [0.4, 0.5) is 15.3 Å². The first-order valence-electron chi connectivity index (χ1n) is 9.96. The number of benzene rings is 1. The SMILES string of the molecule is C[C@H](OC(=O)c1ccc(NC(=O)OC(C)(C)C)cc1)C(=O)NC(=O)NC1CCCC1. The van der Waals surface area contributed by atoms with E-state index in [-0.39, 0.29) is 11.6 Å². The number of hydrogen-bond acceptors (Lipinski definition) is 6. The molecule has 1 aliphatic carbocycles. The van der Waals surface area contributed by atoms with E-state index >= 15 is 0 Å². The van der Waals surface area contributed by atoms with E-state index in [1.807, 2.05) is 0 Å². The number of carbonyl (C=O) groups is 4. The molecule has 1 aromatic rings. The van der Waals surface area contributed by atoms with Crippen molar-refractivity contribution in [1.82, 2.24) is 10.6 Å². The summed E-state index contributed by atoms with van der Waals surface area (Å²) >= 11 is 0. The number of esters is 1. The normalized spacial score (nSPS) is 15.1. The minimum absolute atomic E-state index is 0.0726. The van der Waals surface area contributed by atoms with Crippen LogP contribution in [0.3, 0.4) is 0 Å². The Morgan fingerprint density at radius 3 is 2.20 bits per heavy atom. The zero-order valence-corrected chi connectivity index (χ0v) is 17.7. The average molecular weight is 419 g/mol. The van der Waals surface area contributed by atoms with Crippen LogP contribution in [0.15, 0.2) is 24.3 Å². The van der Waals surface area contributed by atoms with Gasteiger partial charge < -0.3 is 14.8 Å². The van der Waals surface area contributed by atoms with Crippen molar-refractivity contribution in [2.45, 2.75) is 71.1 Å². The van der Waals surface area contributed by atoms with Crippen LogP contribution in [-0.2, 0) is 14.3 Å². The van der Waals surface area contributed by atoms with Crippen molar-refractivity contribution in [2.75, 3.05) is 5.32 Å². The molecule has 0 aromatic heterocycles. The van der Waals surface area contributed by atoms with Gasteiger partial charge in [-0.1, -0.05) is 12.8 Å². The molecule has 0 bridgehead atoms. The molecule has 0 radical (unpaired) electrons. The summed E-state index contributed by atoms with van der Waals surface area (Å²) < 4.78 is 10.3. The molecule has 4 amide bonds. The molecule has 0 saturated heterocycles. The topological polar surface area (TPSA) is 123 Å². The molecule has 1 atom stereocenters. The summed E-state index contributed by atoms with van der Waals surface area (Å²) in [6.07, 6.45) is 2.14. The summed E-state index contributed by atoms with van der Waals surface area (Å²) in [7, 11) is 0.